The predicted molar refractivity (Wildman–Crippen MR) is 36.0 cm³/mol. The zero-order chi connectivity index (χ0) is 7.65. The highest BCUT2D eigenvalue weighted by Gasteiger charge is 2.26. The molecule has 0 saturated heterocycles. The third-order valence-corrected chi connectivity index (χ3v) is 1.32. The largest absolute Gasteiger partial charge is 0.390 e. The van der Waals surface area contributed by atoms with Gasteiger partial charge in [0.05, 0.1) is 6.10 Å². The second-order valence-corrected chi connectivity index (χ2v) is 3.49. The third-order valence-electron chi connectivity index (χ3n) is 1.32. The Morgan fingerprint density at radius 2 is 1.67 bits per heavy atom. The molecule has 0 heterocycles. The van der Waals surface area contributed by atoms with Crippen LogP contribution in [0.5, 0.6) is 0 Å². The van der Waals surface area contributed by atoms with Crippen LogP contribution in [-0.2, 0) is 0 Å². The van der Waals surface area contributed by atoms with Gasteiger partial charge < -0.3 is 5.11 Å². The van der Waals surface area contributed by atoms with Crippen molar-refractivity contribution < 1.29 is 9.50 Å². The van der Waals surface area contributed by atoms with Crippen LogP contribution in [0.4, 0.5) is 4.39 Å². The van der Waals surface area contributed by atoms with Gasteiger partial charge in [0.2, 0.25) is 0 Å². The summed E-state index contributed by atoms with van der Waals surface area (Å²) in [7, 11) is 0. The molecule has 0 aliphatic heterocycles. The van der Waals surface area contributed by atoms with Gasteiger partial charge in [-0.25, -0.2) is 4.39 Å². The minimum Gasteiger partial charge on any atom is -0.390 e. The maximum Gasteiger partial charge on any atom is 0.124 e. The van der Waals surface area contributed by atoms with Crippen molar-refractivity contribution in [1.82, 2.24) is 0 Å². The highest BCUT2D eigenvalue weighted by Crippen LogP contribution is 2.22. The number of hydrogen-bond donors (Lipinski definition) is 1. The Hall–Kier alpha value is -0.110. The molecule has 0 aliphatic carbocycles. The lowest BCUT2D eigenvalue weighted by Crippen LogP contribution is -2.33. The van der Waals surface area contributed by atoms with Crippen molar-refractivity contribution in [2.45, 2.75) is 40.0 Å². The van der Waals surface area contributed by atoms with Gasteiger partial charge in [-0.15, -0.1) is 0 Å². The summed E-state index contributed by atoms with van der Waals surface area (Å²) in [6.07, 6.45) is -1.98. The summed E-state index contributed by atoms with van der Waals surface area (Å²) in [5, 5.41) is 9.09. The van der Waals surface area contributed by atoms with Crippen molar-refractivity contribution in [3.05, 3.63) is 0 Å². The molecule has 1 nitrogen and oxygen atoms in total. The van der Waals surface area contributed by atoms with E-state index in [0.29, 0.717) is 0 Å². The lowest BCUT2D eigenvalue weighted by molar-refractivity contribution is 0.00252. The van der Waals surface area contributed by atoms with Crippen LogP contribution in [0.2, 0.25) is 0 Å². The molecule has 1 N–H and O–H groups in total. The van der Waals surface area contributed by atoms with E-state index >= 15 is 0 Å². The first-order valence-electron chi connectivity index (χ1n) is 3.18. The first-order valence-corrected chi connectivity index (χ1v) is 3.18. The van der Waals surface area contributed by atoms with Crippen molar-refractivity contribution in [2.24, 2.45) is 5.41 Å². The summed E-state index contributed by atoms with van der Waals surface area (Å²) < 4.78 is 12.3. The third kappa shape index (κ3) is 2.80. The van der Waals surface area contributed by atoms with Crippen LogP contribution in [0, 0.1) is 5.41 Å². The van der Waals surface area contributed by atoms with Gasteiger partial charge in [-0.3, -0.25) is 0 Å². The minimum atomic E-state index is -1.13. The predicted octanol–water partition coefficient (Wildman–Crippen LogP) is 1.75. The Bertz CT molecular complexity index is 83.4. The van der Waals surface area contributed by atoms with Crippen LogP contribution in [-0.4, -0.2) is 17.4 Å². The number of hydrogen-bond acceptors (Lipinski definition) is 1. The molecule has 0 spiro atoms. The van der Waals surface area contributed by atoms with Gasteiger partial charge in [0.1, 0.15) is 6.17 Å². The molecular weight excluding hydrogens is 119 g/mol. The molecule has 0 aromatic rings. The molecule has 0 fully saturated rings. The van der Waals surface area contributed by atoms with E-state index in [1.165, 1.54) is 6.92 Å². The molecule has 0 radical (unpaired) electrons. The van der Waals surface area contributed by atoms with Crippen molar-refractivity contribution in [1.29, 1.82) is 0 Å². The van der Waals surface area contributed by atoms with Gasteiger partial charge in [0.15, 0.2) is 0 Å². The fourth-order valence-corrected chi connectivity index (χ4v) is 0.689. The SMILES string of the molecule is CC(F)[C@H](O)C(C)(C)C. The lowest BCUT2D eigenvalue weighted by atomic mass is 9.87. The van der Waals surface area contributed by atoms with E-state index < -0.39 is 12.3 Å². The molecule has 0 amide bonds. The molecular formula is C7H15FO. The molecule has 0 aromatic carbocycles. The Kier molecular flexibility index (Phi) is 2.62. The highest BCUT2D eigenvalue weighted by molar-refractivity contribution is 4.76. The van der Waals surface area contributed by atoms with E-state index in [2.05, 4.69) is 0 Å². The minimum absolute atomic E-state index is 0.339. The zero-order valence-corrected chi connectivity index (χ0v) is 6.48. The fraction of sp³-hybridized carbons (Fsp3) is 1.00. The monoisotopic (exact) mass is 134 g/mol. The Morgan fingerprint density at radius 3 is 1.67 bits per heavy atom. The first-order chi connectivity index (χ1) is 3.85. The average Bonchev–Trinajstić information content (AvgIpc) is 1.62. The molecule has 0 saturated carbocycles. The molecule has 0 rings (SSSR count). The molecule has 9 heavy (non-hydrogen) atoms. The van der Waals surface area contributed by atoms with Gasteiger partial charge in [0, 0.05) is 0 Å². The van der Waals surface area contributed by atoms with Crippen molar-refractivity contribution in [3.8, 4) is 0 Å². The molecule has 2 atom stereocenters. The van der Waals surface area contributed by atoms with Gasteiger partial charge in [-0.05, 0) is 12.3 Å². The number of aliphatic hydroxyl groups is 1. The first kappa shape index (κ1) is 8.89. The summed E-state index contributed by atoms with van der Waals surface area (Å²) in [5.74, 6) is 0. The van der Waals surface area contributed by atoms with E-state index in [-0.39, 0.29) is 5.41 Å². The number of aliphatic hydroxyl groups excluding tert-OH is 1. The summed E-state index contributed by atoms with van der Waals surface area (Å²) >= 11 is 0. The van der Waals surface area contributed by atoms with E-state index in [4.69, 9.17) is 5.11 Å². The Morgan fingerprint density at radius 1 is 1.33 bits per heavy atom. The number of alkyl halides is 1. The van der Waals surface area contributed by atoms with Crippen LogP contribution < -0.4 is 0 Å². The Labute approximate surface area is 55.9 Å². The second-order valence-electron chi connectivity index (χ2n) is 3.49. The summed E-state index contributed by atoms with van der Waals surface area (Å²) in [6, 6.07) is 0. The average molecular weight is 134 g/mol. The van der Waals surface area contributed by atoms with Crippen LogP contribution in [0.25, 0.3) is 0 Å². The van der Waals surface area contributed by atoms with Crippen LogP contribution in [0.3, 0.4) is 0 Å². The van der Waals surface area contributed by atoms with Crippen LogP contribution >= 0.6 is 0 Å². The van der Waals surface area contributed by atoms with E-state index in [1.54, 1.807) is 0 Å². The molecule has 0 aliphatic rings. The maximum absolute atomic E-state index is 12.3. The van der Waals surface area contributed by atoms with E-state index in [9.17, 15) is 4.39 Å². The molecule has 56 valence electrons. The topological polar surface area (TPSA) is 20.2 Å². The van der Waals surface area contributed by atoms with Gasteiger partial charge in [-0.2, -0.15) is 0 Å². The van der Waals surface area contributed by atoms with E-state index in [1.807, 2.05) is 20.8 Å². The normalized spacial score (nSPS) is 19.3. The molecule has 1 unspecified atom stereocenters. The fourth-order valence-electron chi connectivity index (χ4n) is 0.689. The van der Waals surface area contributed by atoms with Crippen molar-refractivity contribution in [2.75, 3.05) is 0 Å². The van der Waals surface area contributed by atoms with Crippen molar-refractivity contribution >= 4 is 0 Å². The van der Waals surface area contributed by atoms with Gasteiger partial charge in [0.25, 0.3) is 0 Å². The summed E-state index contributed by atoms with van der Waals surface area (Å²) in [4.78, 5) is 0. The number of rotatable bonds is 1. The maximum atomic E-state index is 12.3. The highest BCUT2D eigenvalue weighted by atomic mass is 19.1. The zero-order valence-electron chi connectivity index (χ0n) is 6.48. The smallest absolute Gasteiger partial charge is 0.124 e. The van der Waals surface area contributed by atoms with Gasteiger partial charge >= 0.3 is 0 Å². The Balaban J connectivity index is 3.88. The quantitative estimate of drug-likeness (QED) is 0.579. The number of halogens is 1. The van der Waals surface area contributed by atoms with Gasteiger partial charge in [-0.1, -0.05) is 20.8 Å². The van der Waals surface area contributed by atoms with Crippen molar-refractivity contribution in [3.63, 3.8) is 0 Å². The standard InChI is InChI=1S/C7H15FO/c1-5(8)6(9)7(2,3)4/h5-6,9H,1-4H3/t5?,6-/m0/s1. The summed E-state index contributed by atoms with van der Waals surface area (Å²) in [5.41, 5.74) is -0.339. The van der Waals surface area contributed by atoms with Crippen LogP contribution in [0.15, 0.2) is 0 Å². The lowest BCUT2D eigenvalue weighted by Gasteiger charge is -2.26. The van der Waals surface area contributed by atoms with E-state index in [0.717, 1.165) is 0 Å². The van der Waals surface area contributed by atoms with Crippen LogP contribution in [0.1, 0.15) is 27.7 Å². The molecule has 2 heteroatoms. The molecule has 0 bridgehead atoms. The molecule has 0 aromatic heterocycles. The second kappa shape index (κ2) is 2.65. The summed E-state index contributed by atoms with van der Waals surface area (Å²) in [6.45, 7) is 6.81.